The molecule has 0 spiro atoms. The molecule has 0 aliphatic carbocycles. The van der Waals surface area contributed by atoms with Crippen molar-refractivity contribution < 1.29 is 14.5 Å². The predicted molar refractivity (Wildman–Crippen MR) is 134 cm³/mol. The van der Waals surface area contributed by atoms with Gasteiger partial charge in [0.2, 0.25) is 5.17 Å². The summed E-state index contributed by atoms with van der Waals surface area (Å²) in [6.45, 7) is 0. The van der Waals surface area contributed by atoms with E-state index >= 15 is 0 Å². The number of nitro benzene ring substituents is 1. The van der Waals surface area contributed by atoms with Crippen LogP contribution in [0.4, 0.5) is 5.69 Å². The summed E-state index contributed by atoms with van der Waals surface area (Å²) in [6.07, 6.45) is 3.87. The summed E-state index contributed by atoms with van der Waals surface area (Å²) >= 11 is 1.28. The SMILES string of the molecule is COc1cc([N+](=O)[O-])ccc1-n1cccc1/C=C1\C(=N)N2N=C(Cc3ccccc3)SC2=NC1=O. The van der Waals surface area contributed by atoms with E-state index in [1.54, 1.807) is 35.0 Å². The number of nitrogens with one attached hydrogen (secondary N) is 1. The summed E-state index contributed by atoms with van der Waals surface area (Å²) < 4.78 is 7.08. The van der Waals surface area contributed by atoms with Crippen LogP contribution in [0.5, 0.6) is 5.75 Å². The molecule has 0 fully saturated rings. The Bertz CT molecular complexity index is 1460. The van der Waals surface area contributed by atoms with E-state index in [0.717, 1.165) is 10.6 Å². The number of non-ortho nitro benzene ring substituents is 1. The van der Waals surface area contributed by atoms with Crippen molar-refractivity contribution in [3.05, 3.63) is 93.8 Å². The monoisotopic (exact) mass is 486 g/mol. The first kappa shape index (κ1) is 22.3. The summed E-state index contributed by atoms with van der Waals surface area (Å²) in [5, 5.41) is 26.7. The number of benzene rings is 2. The van der Waals surface area contributed by atoms with Crippen LogP contribution in [0.1, 0.15) is 11.3 Å². The molecule has 35 heavy (non-hydrogen) atoms. The Balaban J connectivity index is 1.47. The second-order valence-electron chi connectivity index (χ2n) is 7.59. The van der Waals surface area contributed by atoms with E-state index < -0.39 is 10.8 Å². The van der Waals surface area contributed by atoms with Gasteiger partial charge in [-0.3, -0.25) is 20.3 Å². The van der Waals surface area contributed by atoms with Crippen LogP contribution >= 0.6 is 11.8 Å². The smallest absolute Gasteiger partial charge is 0.283 e. The third kappa shape index (κ3) is 4.24. The highest BCUT2D eigenvalue weighted by Crippen LogP contribution is 2.32. The molecule has 0 bridgehead atoms. The third-order valence-corrected chi connectivity index (χ3v) is 6.31. The van der Waals surface area contributed by atoms with E-state index in [2.05, 4.69) is 10.1 Å². The number of methoxy groups -OCH3 is 1. The maximum absolute atomic E-state index is 12.8. The second kappa shape index (κ2) is 9.03. The molecule has 10 nitrogen and oxygen atoms in total. The molecule has 0 unspecified atom stereocenters. The maximum Gasteiger partial charge on any atom is 0.283 e. The van der Waals surface area contributed by atoms with Gasteiger partial charge in [0, 0.05) is 24.4 Å². The fraction of sp³-hybridized carbons (Fsp3) is 0.0833. The minimum absolute atomic E-state index is 0.0704. The number of rotatable bonds is 6. The van der Waals surface area contributed by atoms with E-state index in [0.29, 0.717) is 28.7 Å². The first-order valence-corrected chi connectivity index (χ1v) is 11.3. The van der Waals surface area contributed by atoms with Crippen LogP contribution in [0.25, 0.3) is 11.8 Å². The van der Waals surface area contributed by atoms with Crippen LogP contribution in [0.2, 0.25) is 0 Å². The standard InChI is InChI=1S/C24H18N6O4S/c1-34-20-14-17(30(32)33)9-10-19(20)28-11-5-8-16(28)13-18-22(25)29-24(26-23(18)31)35-21(27-29)12-15-6-3-2-4-7-15/h2-11,13-14,25H,12H2,1H3/b18-13+,25-22?. The number of hydrogen-bond acceptors (Lipinski definition) is 7. The second-order valence-corrected chi connectivity index (χ2v) is 8.63. The Morgan fingerprint density at radius 2 is 1.97 bits per heavy atom. The molecule has 11 heteroatoms. The minimum atomic E-state index is -0.534. The highest BCUT2D eigenvalue weighted by Gasteiger charge is 2.35. The number of nitrogens with zero attached hydrogens (tertiary/aromatic N) is 5. The number of hydrazone groups is 1. The first-order chi connectivity index (χ1) is 16.9. The van der Waals surface area contributed by atoms with Gasteiger partial charge >= 0.3 is 0 Å². The lowest BCUT2D eigenvalue weighted by molar-refractivity contribution is -0.384. The van der Waals surface area contributed by atoms with Gasteiger partial charge in [-0.2, -0.15) is 15.1 Å². The largest absolute Gasteiger partial charge is 0.494 e. The van der Waals surface area contributed by atoms with Gasteiger partial charge in [-0.25, -0.2) is 0 Å². The predicted octanol–water partition coefficient (Wildman–Crippen LogP) is 4.26. The average molecular weight is 487 g/mol. The molecule has 2 aliphatic rings. The molecule has 174 valence electrons. The molecule has 1 N–H and O–H groups in total. The molecule has 0 saturated heterocycles. The zero-order valence-corrected chi connectivity index (χ0v) is 19.2. The van der Waals surface area contributed by atoms with E-state index in [1.165, 1.54) is 36.0 Å². The van der Waals surface area contributed by atoms with Crippen molar-refractivity contribution in [2.75, 3.05) is 7.11 Å². The maximum atomic E-state index is 12.8. The normalized spacial score (nSPS) is 16.3. The molecule has 2 aromatic carbocycles. The topological polar surface area (TPSA) is 126 Å². The number of ether oxygens (including phenoxy) is 1. The molecule has 3 heterocycles. The van der Waals surface area contributed by atoms with Crippen molar-refractivity contribution in [1.82, 2.24) is 9.58 Å². The zero-order chi connectivity index (χ0) is 24.5. The van der Waals surface area contributed by atoms with Crippen LogP contribution in [0.15, 0.2) is 82.5 Å². The Morgan fingerprint density at radius 1 is 1.17 bits per heavy atom. The van der Waals surface area contributed by atoms with Crippen molar-refractivity contribution in [2.24, 2.45) is 10.1 Å². The number of nitro groups is 1. The fourth-order valence-electron chi connectivity index (χ4n) is 3.73. The van der Waals surface area contributed by atoms with Gasteiger partial charge in [0.1, 0.15) is 10.8 Å². The van der Waals surface area contributed by atoms with Gasteiger partial charge in [0.15, 0.2) is 5.84 Å². The fourth-order valence-corrected chi connectivity index (χ4v) is 4.65. The number of aliphatic imine (C=N–C) groups is 1. The van der Waals surface area contributed by atoms with Crippen molar-refractivity contribution in [3.8, 4) is 11.4 Å². The Kier molecular flexibility index (Phi) is 5.75. The number of amidine groups is 2. The lowest BCUT2D eigenvalue weighted by atomic mass is 10.1. The highest BCUT2D eigenvalue weighted by atomic mass is 32.2. The molecule has 2 aliphatic heterocycles. The molecule has 1 aromatic heterocycles. The van der Waals surface area contributed by atoms with Crippen molar-refractivity contribution in [3.63, 3.8) is 0 Å². The lowest BCUT2D eigenvalue weighted by Crippen LogP contribution is -2.35. The molecule has 5 rings (SSSR count). The highest BCUT2D eigenvalue weighted by molar-refractivity contribution is 8.26. The molecule has 3 aromatic rings. The van der Waals surface area contributed by atoms with E-state index in [4.69, 9.17) is 10.1 Å². The molecule has 0 radical (unpaired) electrons. The number of fused-ring (bicyclic) bond motifs is 1. The minimum Gasteiger partial charge on any atom is -0.494 e. The number of thioether (sulfide) groups is 1. The number of carbonyl (C=O) groups excluding carboxylic acids is 1. The van der Waals surface area contributed by atoms with E-state index in [1.807, 2.05) is 30.3 Å². The molecular formula is C24H18N6O4S. The van der Waals surface area contributed by atoms with Crippen molar-refractivity contribution in [2.45, 2.75) is 6.42 Å². The van der Waals surface area contributed by atoms with Crippen LogP contribution in [0, 0.1) is 15.5 Å². The number of carbonyl (C=O) groups is 1. The molecule has 0 saturated carbocycles. The van der Waals surface area contributed by atoms with Crippen LogP contribution < -0.4 is 4.74 Å². The van der Waals surface area contributed by atoms with Crippen LogP contribution in [-0.2, 0) is 11.2 Å². The average Bonchev–Trinajstić information content (AvgIpc) is 3.48. The number of hydrogen-bond donors (Lipinski definition) is 1. The Labute approximate surface area is 203 Å². The van der Waals surface area contributed by atoms with Gasteiger partial charge < -0.3 is 9.30 Å². The van der Waals surface area contributed by atoms with Gasteiger partial charge in [-0.1, -0.05) is 30.3 Å². The Hall–Kier alpha value is -4.51. The van der Waals surface area contributed by atoms with Gasteiger partial charge in [-0.05, 0) is 41.6 Å². The van der Waals surface area contributed by atoms with Crippen molar-refractivity contribution >= 4 is 45.5 Å². The van der Waals surface area contributed by atoms with E-state index in [-0.39, 0.29) is 17.1 Å². The van der Waals surface area contributed by atoms with Gasteiger partial charge in [0.25, 0.3) is 11.6 Å². The molecular weight excluding hydrogens is 468 g/mol. The summed E-state index contributed by atoms with van der Waals surface area (Å²) in [4.78, 5) is 27.6. The van der Waals surface area contributed by atoms with Crippen LogP contribution in [0.3, 0.4) is 0 Å². The number of amides is 1. The first-order valence-electron chi connectivity index (χ1n) is 10.5. The van der Waals surface area contributed by atoms with Crippen LogP contribution in [-0.4, -0.2) is 43.6 Å². The van der Waals surface area contributed by atoms with Gasteiger partial charge in [0.05, 0.1) is 29.4 Å². The quantitative estimate of drug-likeness (QED) is 0.315. The van der Waals surface area contributed by atoms with Crippen molar-refractivity contribution in [1.29, 1.82) is 5.41 Å². The third-order valence-electron chi connectivity index (χ3n) is 5.40. The zero-order valence-electron chi connectivity index (χ0n) is 18.4. The molecule has 0 atom stereocenters. The summed E-state index contributed by atoms with van der Waals surface area (Å²) in [5.74, 6) is -0.307. The summed E-state index contributed by atoms with van der Waals surface area (Å²) in [5.41, 5.74) is 2.18. The van der Waals surface area contributed by atoms with Gasteiger partial charge in [-0.15, -0.1) is 0 Å². The number of aromatic nitrogens is 1. The lowest BCUT2D eigenvalue weighted by Gasteiger charge is -2.20. The summed E-state index contributed by atoms with van der Waals surface area (Å²) in [6, 6.07) is 17.6. The molecule has 1 amide bonds. The Morgan fingerprint density at radius 3 is 2.71 bits per heavy atom. The summed E-state index contributed by atoms with van der Waals surface area (Å²) in [7, 11) is 1.43. The van der Waals surface area contributed by atoms with E-state index in [9.17, 15) is 14.9 Å².